The van der Waals surface area contributed by atoms with Gasteiger partial charge < -0.3 is 20.1 Å². The molecule has 2 aromatic rings. The second kappa shape index (κ2) is 10.5. The zero-order chi connectivity index (χ0) is 22.4. The van der Waals surface area contributed by atoms with Gasteiger partial charge >= 0.3 is 0 Å². The number of aryl methyl sites for hydroxylation is 1. The molecule has 3 rings (SSSR count). The van der Waals surface area contributed by atoms with E-state index in [4.69, 9.17) is 10.5 Å². The predicted molar refractivity (Wildman–Crippen MR) is 130 cm³/mol. The van der Waals surface area contributed by atoms with Crippen molar-refractivity contribution in [2.24, 2.45) is 0 Å². The van der Waals surface area contributed by atoms with E-state index >= 15 is 0 Å². The number of anilines is 3. The normalized spacial score (nSPS) is 13.6. The first-order chi connectivity index (χ1) is 15.0. The van der Waals surface area contributed by atoms with E-state index in [2.05, 4.69) is 28.5 Å². The third-order valence-electron chi connectivity index (χ3n) is 5.34. The van der Waals surface area contributed by atoms with Crippen LogP contribution in [-0.2, 0) is 4.79 Å². The van der Waals surface area contributed by atoms with Crippen LogP contribution in [0.25, 0.3) is 12.2 Å². The van der Waals surface area contributed by atoms with E-state index < -0.39 is 0 Å². The lowest BCUT2D eigenvalue weighted by atomic mass is 10.0. The summed E-state index contributed by atoms with van der Waals surface area (Å²) in [4.78, 5) is 22.6. The highest BCUT2D eigenvalue weighted by molar-refractivity contribution is 8.01. The molecule has 1 aliphatic carbocycles. The average molecular weight is 442 g/mol. The third-order valence-corrected chi connectivity index (χ3v) is 6.49. The van der Waals surface area contributed by atoms with E-state index in [1.54, 1.807) is 36.2 Å². The molecule has 1 fully saturated rings. The number of carbonyl (C=O) groups is 1. The molecule has 7 nitrogen and oxygen atoms in total. The van der Waals surface area contributed by atoms with Gasteiger partial charge in [0, 0.05) is 34.8 Å². The maximum atomic E-state index is 12.0. The number of nitrogens with zero attached hydrogens (tertiary/aromatic N) is 3. The molecule has 3 N–H and O–H groups in total. The molecule has 0 spiro atoms. The Labute approximate surface area is 188 Å². The third kappa shape index (κ3) is 5.70. The summed E-state index contributed by atoms with van der Waals surface area (Å²) in [5, 5.41) is 0.661. The Bertz CT molecular complexity index is 942. The molecule has 166 valence electrons. The van der Waals surface area contributed by atoms with Gasteiger partial charge in [0.2, 0.25) is 12.3 Å². The van der Waals surface area contributed by atoms with Gasteiger partial charge in [-0.25, -0.2) is 9.97 Å². The van der Waals surface area contributed by atoms with E-state index in [1.165, 1.54) is 12.8 Å². The first-order valence-corrected chi connectivity index (χ1v) is 11.5. The SMILES string of the molecule is CCC(CC)N(C=O)c1cc(N)nc(C)c1/C=C/c1cnc(OC)c(NSC2CC2)c1. The highest BCUT2D eigenvalue weighted by Gasteiger charge is 2.23. The van der Waals surface area contributed by atoms with E-state index in [1.807, 2.05) is 25.1 Å². The molecule has 0 atom stereocenters. The summed E-state index contributed by atoms with van der Waals surface area (Å²) in [6, 6.07) is 3.88. The van der Waals surface area contributed by atoms with Crippen molar-refractivity contribution in [2.45, 2.75) is 57.7 Å². The molecule has 1 saturated carbocycles. The average Bonchev–Trinajstić information content (AvgIpc) is 3.59. The van der Waals surface area contributed by atoms with Crippen molar-refractivity contribution in [3.05, 3.63) is 35.2 Å². The van der Waals surface area contributed by atoms with Crippen molar-refractivity contribution in [3.8, 4) is 5.88 Å². The molecule has 2 aromatic heterocycles. The summed E-state index contributed by atoms with van der Waals surface area (Å²) < 4.78 is 8.75. The first-order valence-electron chi connectivity index (χ1n) is 10.6. The number of aromatic nitrogens is 2. The van der Waals surface area contributed by atoms with Crippen LogP contribution in [0.15, 0.2) is 18.3 Å². The van der Waals surface area contributed by atoms with Crippen molar-refractivity contribution in [1.29, 1.82) is 0 Å². The molecular weight excluding hydrogens is 410 g/mol. The minimum absolute atomic E-state index is 0.101. The molecule has 2 heterocycles. The lowest BCUT2D eigenvalue weighted by Gasteiger charge is -2.28. The summed E-state index contributed by atoms with van der Waals surface area (Å²) in [5.41, 5.74) is 10.2. The zero-order valence-electron chi connectivity index (χ0n) is 18.6. The van der Waals surface area contributed by atoms with Crippen LogP contribution in [-0.4, -0.2) is 34.8 Å². The van der Waals surface area contributed by atoms with Crippen molar-refractivity contribution in [1.82, 2.24) is 9.97 Å². The van der Waals surface area contributed by atoms with Crippen LogP contribution in [0.5, 0.6) is 5.88 Å². The van der Waals surface area contributed by atoms with E-state index in [-0.39, 0.29) is 6.04 Å². The Balaban J connectivity index is 1.94. The van der Waals surface area contributed by atoms with Crippen LogP contribution in [0, 0.1) is 6.92 Å². The number of rotatable bonds is 11. The number of hydrogen-bond acceptors (Lipinski definition) is 7. The fraction of sp³-hybridized carbons (Fsp3) is 0.435. The highest BCUT2D eigenvalue weighted by atomic mass is 32.2. The summed E-state index contributed by atoms with van der Waals surface area (Å²) >= 11 is 1.71. The monoisotopic (exact) mass is 441 g/mol. The maximum Gasteiger partial charge on any atom is 0.237 e. The molecular formula is C23H31N5O2S. The van der Waals surface area contributed by atoms with Crippen molar-refractivity contribution in [3.63, 3.8) is 0 Å². The molecule has 1 amide bonds. The Morgan fingerprint density at radius 1 is 1.32 bits per heavy atom. The van der Waals surface area contributed by atoms with Gasteiger partial charge in [-0.15, -0.1) is 0 Å². The van der Waals surface area contributed by atoms with E-state index in [9.17, 15) is 4.79 Å². The number of amides is 1. The largest absolute Gasteiger partial charge is 0.480 e. The molecule has 0 unspecified atom stereocenters. The fourth-order valence-corrected chi connectivity index (χ4v) is 4.25. The Morgan fingerprint density at radius 3 is 2.68 bits per heavy atom. The number of hydrogen-bond donors (Lipinski definition) is 2. The topological polar surface area (TPSA) is 93.4 Å². The van der Waals surface area contributed by atoms with E-state index in [0.717, 1.165) is 47.4 Å². The smallest absolute Gasteiger partial charge is 0.237 e. The lowest BCUT2D eigenvalue weighted by Crippen LogP contribution is -2.34. The number of nitrogens with two attached hydrogens (primary N) is 1. The molecule has 0 aromatic carbocycles. The number of ether oxygens (including phenoxy) is 1. The van der Waals surface area contributed by atoms with Gasteiger partial charge in [0.05, 0.1) is 12.8 Å². The van der Waals surface area contributed by atoms with Gasteiger partial charge in [-0.1, -0.05) is 26.0 Å². The highest BCUT2D eigenvalue weighted by Crippen LogP contribution is 2.36. The van der Waals surface area contributed by atoms with Crippen LogP contribution < -0.4 is 20.1 Å². The second-order valence-electron chi connectivity index (χ2n) is 7.63. The molecule has 0 radical (unpaired) electrons. The summed E-state index contributed by atoms with van der Waals surface area (Å²) in [5.74, 6) is 0.967. The molecule has 0 bridgehead atoms. The molecule has 0 aliphatic heterocycles. The van der Waals surface area contributed by atoms with Crippen LogP contribution in [0.4, 0.5) is 17.2 Å². The van der Waals surface area contributed by atoms with Crippen LogP contribution in [0.2, 0.25) is 0 Å². The number of methoxy groups -OCH3 is 1. The number of nitrogen functional groups attached to an aromatic ring is 1. The summed E-state index contributed by atoms with van der Waals surface area (Å²) in [7, 11) is 1.62. The molecule has 1 aliphatic rings. The maximum absolute atomic E-state index is 12.0. The Kier molecular flexibility index (Phi) is 7.79. The van der Waals surface area contributed by atoms with Gasteiger partial charge in [-0.05, 0) is 56.2 Å². The fourth-order valence-electron chi connectivity index (χ4n) is 3.44. The summed E-state index contributed by atoms with van der Waals surface area (Å²) in [6.45, 7) is 6.06. The van der Waals surface area contributed by atoms with Gasteiger partial charge in [-0.2, -0.15) is 0 Å². The minimum Gasteiger partial charge on any atom is -0.480 e. The number of nitrogens with one attached hydrogen (secondary N) is 1. The second-order valence-corrected chi connectivity index (χ2v) is 8.73. The lowest BCUT2D eigenvalue weighted by molar-refractivity contribution is -0.107. The van der Waals surface area contributed by atoms with Gasteiger partial charge in [0.1, 0.15) is 11.5 Å². The standard InChI is InChI=1S/C23H31N5O2S/c1-5-17(6-2)28(14-29)21-12-22(24)26-15(3)19(21)10-7-16-11-20(23(30-4)25-13-16)27-31-18-8-9-18/h7,10-14,17-18,27H,5-6,8-9H2,1-4H3,(H2,24,26)/b10-7+. The molecule has 8 heteroatoms. The predicted octanol–water partition coefficient (Wildman–Crippen LogP) is 4.92. The van der Waals surface area contributed by atoms with E-state index in [0.29, 0.717) is 16.9 Å². The zero-order valence-corrected chi connectivity index (χ0v) is 19.4. The number of pyridine rings is 2. The van der Waals surface area contributed by atoms with Crippen LogP contribution >= 0.6 is 11.9 Å². The van der Waals surface area contributed by atoms with Gasteiger partial charge in [0.25, 0.3) is 0 Å². The van der Waals surface area contributed by atoms with Crippen LogP contribution in [0.3, 0.4) is 0 Å². The van der Waals surface area contributed by atoms with Crippen molar-refractivity contribution in [2.75, 3.05) is 22.5 Å². The van der Waals surface area contributed by atoms with Crippen LogP contribution in [0.1, 0.15) is 56.4 Å². The first kappa shape index (κ1) is 22.9. The number of carbonyl (C=O) groups excluding carboxylic acids is 1. The minimum atomic E-state index is 0.101. The summed E-state index contributed by atoms with van der Waals surface area (Å²) in [6.07, 6.45) is 10.8. The van der Waals surface area contributed by atoms with Crippen molar-refractivity contribution >= 4 is 47.7 Å². The Hall–Kier alpha value is -2.74. The van der Waals surface area contributed by atoms with Crippen molar-refractivity contribution < 1.29 is 9.53 Å². The molecule has 0 saturated heterocycles. The van der Waals surface area contributed by atoms with Gasteiger partial charge in [0.15, 0.2) is 0 Å². The Morgan fingerprint density at radius 2 is 2.06 bits per heavy atom. The quantitative estimate of drug-likeness (QED) is 0.377. The van der Waals surface area contributed by atoms with Gasteiger partial charge in [-0.3, -0.25) is 4.79 Å². The molecule has 31 heavy (non-hydrogen) atoms.